The van der Waals surface area contributed by atoms with Crippen LogP contribution in [-0.2, 0) is 4.18 Å². The summed E-state index contributed by atoms with van der Waals surface area (Å²) in [5, 5.41) is 0. The summed E-state index contributed by atoms with van der Waals surface area (Å²) in [7, 11) is 4.32. The number of hydrogen-bond donors (Lipinski definition) is 0. The van der Waals surface area contributed by atoms with Gasteiger partial charge < -0.3 is 0 Å². The van der Waals surface area contributed by atoms with E-state index in [4.69, 9.17) is 0 Å². The van der Waals surface area contributed by atoms with Crippen molar-refractivity contribution < 1.29 is 0 Å². The van der Waals surface area contributed by atoms with E-state index in [9.17, 15) is 0 Å². The molecule has 1 nitrogen and oxygen atoms in total. The standard InChI is InChI=1S/C9H12N.C5H10.In/c1-8-6-4-5-7-9(8)10(2)3;1-3-5-4-2;/h4-7H,1H2,2-3H3;1-5H2;. The predicted octanol–water partition coefficient (Wildman–Crippen LogP) is 3.51. The van der Waals surface area contributed by atoms with Crippen LogP contribution in [0.4, 0.5) is 5.69 Å². The van der Waals surface area contributed by atoms with Gasteiger partial charge in [-0.3, -0.25) is 0 Å². The molecular formula is C14H22InN. The van der Waals surface area contributed by atoms with Gasteiger partial charge in [-0.1, -0.05) is 0 Å². The van der Waals surface area contributed by atoms with Crippen LogP contribution in [0.2, 0.25) is 8.35 Å². The molecule has 0 spiro atoms. The van der Waals surface area contributed by atoms with Gasteiger partial charge in [-0.15, -0.1) is 0 Å². The van der Waals surface area contributed by atoms with Gasteiger partial charge in [0.25, 0.3) is 0 Å². The molecule has 0 radical (unpaired) electrons. The fourth-order valence-corrected chi connectivity index (χ4v) is 12.5. The molecule has 16 heavy (non-hydrogen) atoms. The van der Waals surface area contributed by atoms with E-state index in [1.54, 1.807) is 13.9 Å². The van der Waals surface area contributed by atoms with Crippen LogP contribution in [0.5, 0.6) is 0 Å². The molecular weight excluding hydrogens is 297 g/mol. The van der Waals surface area contributed by atoms with Gasteiger partial charge in [-0.05, 0) is 0 Å². The third-order valence-corrected chi connectivity index (χ3v) is 13.6. The van der Waals surface area contributed by atoms with Gasteiger partial charge in [0.05, 0.1) is 0 Å². The molecule has 1 aliphatic heterocycles. The van der Waals surface area contributed by atoms with Crippen molar-refractivity contribution in [2.75, 3.05) is 19.0 Å². The molecule has 1 saturated heterocycles. The zero-order valence-electron chi connectivity index (χ0n) is 10.6. The van der Waals surface area contributed by atoms with Crippen LogP contribution in [0, 0.1) is 0 Å². The molecule has 0 amide bonds. The zero-order valence-corrected chi connectivity index (χ0v) is 13.9. The molecule has 1 heterocycles. The van der Waals surface area contributed by atoms with E-state index in [1.807, 2.05) is 0 Å². The topological polar surface area (TPSA) is 3.24 Å². The fraction of sp³-hybridized carbons (Fsp3) is 0.571. The zero-order chi connectivity index (χ0) is 11.4. The van der Waals surface area contributed by atoms with Crippen LogP contribution < -0.4 is 4.90 Å². The Balaban J connectivity index is 2.07. The molecule has 86 valence electrons. The molecule has 0 bridgehead atoms. The molecule has 0 aliphatic carbocycles. The number of para-hydroxylation sites is 1. The van der Waals surface area contributed by atoms with Crippen molar-refractivity contribution in [2.45, 2.75) is 31.8 Å². The summed E-state index contributed by atoms with van der Waals surface area (Å²) in [6.07, 6.45) is 4.57. The van der Waals surface area contributed by atoms with Crippen LogP contribution in [-0.4, -0.2) is 35.5 Å². The SMILES string of the molecule is CN(C)c1ccccc1[CH2][In]1[CH2]CCC[CH2]1. The Morgan fingerprint density at radius 3 is 2.44 bits per heavy atom. The number of hydrogen-bond acceptors (Lipinski definition) is 1. The van der Waals surface area contributed by atoms with Gasteiger partial charge in [0, 0.05) is 0 Å². The Labute approximate surface area is 107 Å². The summed E-state index contributed by atoms with van der Waals surface area (Å²) in [6.45, 7) is 0. The minimum atomic E-state index is -1.15. The van der Waals surface area contributed by atoms with Crippen molar-refractivity contribution in [3.8, 4) is 0 Å². The summed E-state index contributed by atoms with van der Waals surface area (Å²) in [6, 6.07) is 8.98. The Hall–Kier alpha value is -0.110. The molecule has 0 saturated carbocycles. The molecule has 1 aromatic rings. The van der Waals surface area contributed by atoms with Crippen molar-refractivity contribution in [3.63, 3.8) is 0 Å². The van der Waals surface area contributed by atoms with Gasteiger partial charge in [-0.25, -0.2) is 0 Å². The van der Waals surface area contributed by atoms with E-state index in [0.29, 0.717) is 0 Å². The van der Waals surface area contributed by atoms with E-state index >= 15 is 0 Å². The first-order valence-electron chi connectivity index (χ1n) is 6.52. The molecule has 0 atom stereocenters. The molecule has 0 aromatic heterocycles. The van der Waals surface area contributed by atoms with Crippen LogP contribution in [0.3, 0.4) is 0 Å². The normalized spacial score (nSPS) is 16.2. The van der Waals surface area contributed by atoms with Gasteiger partial charge >= 0.3 is 108 Å². The summed E-state index contributed by atoms with van der Waals surface area (Å²) < 4.78 is 4.77. The maximum absolute atomic E-state index is 2.35. The second-order valence-electron chi connectivity index (χ2n) is 5.23. The van der Waals surface area contributed by atoms with E-state index in [2.05, 4.69) is 43.3 Å². The number of nitrogens with zero attached hydrogens (tertiary/aromatic N) is 1. The van der Waals surface area contributed by atoms with Gasteiger partial charge in [-0.2, -0.15) is 0 Å². The Morgan fingerprint density at radius 2 is 1.75 bits per heavy atom. The predicted molar refractivity (Wildman–Crippen MR) is 73.7 cm³/mol. The first kappa shape index (κ1) is 12.3. The average Bonchev–Trinajstić information content (AvgIpc) is 2.31. The second-order valence-corrected chi connectivity index (χ2v) is 14.6. The monoisotopic (exact) mass is 319 g/mol. The van der Waals surface area contributed by atoms with E-state index < -0.39 is 21.4 Å². The average molecular weight is 319 g/mol. The molecule has 1 aromatic carbocycles. The van der Waals surface area contributed by atoms with Gasteiger partial charge in [0.1, 0.15) is 0 Å². The summed E-state index contributed by atoms with van der Waals surface area (Å²) in [4.78, 5) is 2.27. The molecule has 1 fully saturated rings. The van der Waals surface area contributed by atoms with Crippen molar-refractivity contribution in [3.05, 3.63) is 29.8 Å². The first-order valence-corrected chi connectivity index (χ1v) is 13.5. The van der Waals surface area contributed by atoms with Crippen molar-refractivity contribution in [1.82, 2.24) is 0 Å². The number of rotatable bonds is 3. The molecule has 1 aliphatic rings. The third kappa shape index (κ3) is 3.19. The molecule has 2 heteroatoms. The van der Waals surface area contributed by atoms with Gasteiger partial charge in [0.2, 0.25) is 0 Å². The molecule has 2 rings (SSSR count). The number of benzene rings is 1. The fourth-order valence-electron chi connectivity index (χ4n) is 2.82. The summed E-state index contributed by atoms with van der Waals surface area (Å²) in [5.74, 6) is 0. The first-order chi connectivity index (χ1) is 7.77. The Kier molecular flexibility index (Phi) is 4.63. The van der Waals surface area contributed by atoms with Gasteiger partial charge in [0.15, 0.2) is 0 Å². The summed E-state index contributed by atoms with van der Waals surface area (Å²) in [5.41, 5.74) is 3.07. The van der Waals surface area contributed by atoms with E-state index in [1.165, 1.54) is 29.1 Å². The van der Waals surface area contributed by atoms with Crippen molar-refractivity contribution in [1.29, 1.82) is 0 Å². The van der Waals surface area contributed by atoms with Crippen LogP contribution in [0.15, 0.2) is 24.3 Å². The van der Waals surface area contributed by atoms with Crippen molar-refractivity contribution >= 4 is 27.1 Å². The summed E-state index contributed by atoms with van der Waals surface area (Å²) >= 11 is -1.15. The van der Waals surface area contributed by atoms with Crippen LogP contribution in [0.25, 0.3) is 0 Å². The Bertz CT molecular complexity index is 329. The molecule has 0 unspecified atom stereocenters. The van der Waals surface area contributed by atoms with Crippen LogP contribution in [0.1, 0.15) is 24.8 Å². The van der Waals surface area contributed by atoms with E-state index in [0.717, 1.165) is 0 Å². The second kappa shape index (κ2) is 6.00. The van der Waals surface area contributed by atoms with E-state index in [-0.39, 0.29) is 0 Å². The quantitative estimate of drug-likeness (QED) is 0.824. The number of anilines is 1. The maximum atomic E-state index is 2.35. The Morgan fingerprint density at radius 1 is 1.06 bits per heavy atom. The minimum absolute atomic E-state index is 1.15. The third-order valence-electron chi connectivity index (χ3n) is 3.71. The van der Waals surface area contributed by atoms with Crippen molar-refractivity contribution in [2.24, 2.45) is 0 Å². The molecule has 0 N–H and O–H groups in total. The van der Waals surface area contributed by atoms with Crippen LogP contribution >= 0.6 is 0 Å².